The van der Waals surface area contributed by atoms with Gasteiger partial charge in [0.05, 0.1) is 0 Å². The minimum absolute atomic E-state index is 1.03. The lowest BCUT2D eigenvalue weighted by Gasteiger charge is -1.98. The summed E-state index contributed by atoms with van der Waals surface area (Å²) >= 11 is 3.49. The van der Waals surface area contributed by atoms with E-state index in [1.54, 1.807) is 0 Å². The van der Waals surface area contributed by atoms with Gasteiger partial charge in [0, 0.05) is 38.5 Å². The number of aromatic nitrogens is 2. The Morgan fingerprint density at radius 3 is 2.82 bits per heavy atom. The summed E-state index contributed by atoms with van der Waals surface area (Å²) in [5.74, 6) is 0. The van der Waals surface area contributed by atoms with Gasteiger partial charge in [-0.25, -0.2) is 0 Å². The number of H-pyrrole nitrogens is 1. The standard InChI is InChI=1S/C14H11BrN2/c1-9-6-10(4-5-16-9)14-8-11-7-12(15)2-3-13(11)17-14/h2-8,17H,1H3. The van der Waals surface area contributed by atoms with Crippen LogP contribution in [0.4, 0.5) is 0 Å². The Balaban J connectivity index is 2.18. The molecule has 3 rings (SSSR count). The maximum Gasteiger partial charge on any atom is 0.0466 e. The van der Waals surface area contributed by atoms with Crippen molar-refractivity contribution in [2.45, 2.75) is 6.92 Å². The Bertz CT molecular complexity index is 686. The number of fused-ring (bicyclic) bond motifs is 1. The topological polar surface area (TPSA) is 28.7 Å². The van der Waals surface area contributed by atoms with E-state index in [4.69, 9.17) is 0 Å². The van der Waals surface area contributed by atoms with E-state index < -0.39 is 0 Å². The van der Waals surface area contributed by atoms with Crippen molar-refractivity contribution in [1.82, 2.24) is 9.97 Å². The number of benzene rings is 1. The van der Waals surface area contributed by atoms with Crippen molar-refractivity contribution >= 4 is 26.8 Å². The van der Waals surface area contributed by atoms with Gasteiger partial charge in [-0.1, -0.05) is 15.9 Å². The first kappa shape index (κ1) is 10.5. The van der Waals surface area contributed by atoms with Crippen molar-refractivity contribution in [2.24, 2.45) is 0 Å². The Hall–Kier alpha value is -1.61. The quantitative estimate of drug-likeness (QED) is 0.710. The molecule has 0 atom stereocenters. The largest absolute Gasteiger partial charge is 0.355 e. The minimum Gasteiger partial charge on any atom is -0.355 e. The van der Waals surface area contributed by atoms with Gasteiger partial charge in [0.25, 0.3) is 0 Å². The van der Waals surface area contributed by atoms with E-state index in [1.165, 1.54) is 10.9 Å². The van der Waals surface area contributed by atoms with Gasteiger partial charge in [-0.2, -0.15) is 0 Å². The molecule has 3 heteroatoms. The molecule has 0 aliphatic rings. The molecular formula is C14H11BrN2. The number of nitrogens with zero attached hydrogens (tertiary/aromatic N) is 1. The highest BCUT2D eigenvalue weighted by Crippen LogP contribution is 2.26. The van der Waals surface area contributed by atoms with Gasteiger partial charge in [0.15, 0.2) is 0 Å². The summed E-state index contributed by atoms with van der Waals surface area (Å²) in [5.41, 5.74) is 4.48. The number of aryl methyl sites for hydroxylation is 1. The fourth-order valence-electron chi connectivity index (χ4n) is 1.97. The van der Waals surface area contributed by atoms with Crippen molar-refractivity contribution in [2.75, 3.05) is 0 Å². The normalized spacial score (nSPS) is 10.9. The summed E-state index contributed by atoms with van der Waals surface area (Å²) in [5, 5.41) is 1.21. The number of nitrogens with one attached hydrogen (secondary N) is 1. The fraction of sp³-hybridized carbons (Fsp3) is 0.0714. The third-order valence-electron chi connectivity index (χ3n) is 2.79. The van der Waals surface area contributed by atoms with Crippen molar-refractivity contribution < 1.29 is 0 Å². The highest BCUT2D eigenvalue weighted by molar-refractivity contribution is 9.10. The molecule has 0 saturated heterocycles. The van der Waals surface area contributed by atoms with Crippen LogP contribution < -0.4 is 0 Å². The van der Waals surface area contributed by atoms with E-state index in [9.17, 15) is 0 Å². The number of hydrogen-bond acceptors (Lipinski definition) is 1. The van der Waals surface area contributed by atoms with Crippen molar-refractivity contribution in [3.63, 3.8) is 0 Å². The zero-order chi connectivity index (χ0) is 11.8. The second-order valence-corrected chi connectivity index (χ2v) is 5.02. The van der Waals surface area contributed by atoms with Crippen LogP contribution in [-0.2, 0) is 0 Å². The number of hydrogen-bond donors (Lipinski definition) is 1. The molecule has 2 nitrogen and oxygen atoms in total. The van der Waals surface area contributed by atoms with Gasteiger partial charge in [0.1, 0.15) is 0 Å². The van der Waals surface area contributed by atoms with E-state index in [-0.39, 0.29) is 0 Å². The molecule has 0 fully saturated rings. The molecule has 2 heterocycles. The summed E-state index contributed by atoms with van der Waals surface area (Å²) in [6.07, 6.45) is 1.84. The monoisotopic (exact) mass is 286 g/mol. The molecule has 17 heavy (non-hydrogen) atoms. The molecule has 1 aromatic carbocycles. The van der Waals surface area contributed by atoms with Gasteiger partial charge in [-0.05, 0) is 43.3 Å². The molecule has 1 N–H and O–H groups in total. The van der Waals surface area contributed by atoms with E-state index in [1.807, 2.05) is 25.3 Å². The minimum atomic E-state index is 1.03. The lowest BCUT2D eigenvalue weighted by Crippen LogP contribution is -1.82. The summed E-state index contributed by atoms with van der Waals surface area (Å²) in [6, 6.07) is 12.5. The number of aromatic amines is 1. The van der Waals surface area contributed by atoms with Crippen molar-refractivity contribution in [1.29, 1.82) is 0 Å². The molecule has 3 aromatic rings. The van der Waals surface area contributed by atoms with E-state index in [0.717, 1.165) is 21.4 Å². The Kier molecular flexibility index (Phi) is 2.48. The number of rotatable bonds is 1. The molecule has 2 aromatic heterocycles. The van der Waals surface area contributed by atoms with E-state index in [0.29, 0.717) is 0 Å². The third kappa shape index (κ3) is 1.98. The lowest BCUT2D eigenvalue weighted by atomic mass is 10.1. The van der Waals surface area contributed by atoms with Crippen LogP contribution in [0.25, 0.3) is 22.2 Å². The Labute approximate surface area is 108 Å². The smallest absolute Gasteiger partial charge is 0.0466 e. The first-order valence-corrected chi connectivity index (χ1v) is 6.23. The van der Waals surface area contributed by atoms with Crippen LogP contribution >= 0.6 is 15.9 Å². The lowest BCUT2D eigenvalue weighted by molar-refractivity contribution is 1.20. The molecule has 0 aliphatic carbocycles. The number of halogens is 1. The molecule has 0 spiro atoms. The Morgan fingerprint density at radius 1 is 1.12 bits per heavy atom. The van der Waals surface area contributed by atoms with Gasteiger partial charge in [0.2, 0.25) is 0 Å². The van der Waals surface area contributed by atoms with Crippen LogP contribution in [0.5, 0.6) is 0 Å². The highest BCUT2D eigenvalue weighted by atomic mass is 79.9. The molecule has 0 bridgehead atoms. The molecule has 0 saturated carbocycles. The fourth-order valence-corrected chi connectivity index (χ4v) is 2.35. The van der Waals surface area contributed by atoms with Crippen LogP contribution in [0.15, 0.2) is 47.1 Å². The van der Waals surface area contributed by atoms with Crippen LogP contribution in [0.3, 0.4) is 0 Å². The third-order valence-corrected chi connectivity index (χ3v) is 3.28. The van der Waals surface area contributed by atoms with Crippen molar-refractivity contribution in [3.8, 4) is 11.3 Å². The maximum absolute atomic E-state index is 4.21. The van der Waals surface area contributed by atoms with Gasteiger partial charge < -0.3 is 4.98 Å². The molecule has 0 unspecified atom stereocenters. The van der Waals surface area contributed by atoms with Crippen LogP contribution in [0.2, 0.25) is 0 Å². The maximum atomic E-state index is 4.21. The average molecular weight is 287 g/mol. The molecule has 0 radical (unpaired) electrons. The average Bonchev–Trinajstić information content (AvgIpc) is 2.72. The van der Waals surface area contributed by atoms with E-state index >= 15 is 0 Å². The first-order valence-electron chi connectivity index (χ1n) is 5.44. The van der Waals surface area contributed by atoms with Crippen molar-refractivity contribution in [3.05, 3.63) is 52.8 Å². The molecule has 84 valence electrons. The van der Waals surface area contributed by atoms with Gasteiger partial charge in [-0.3, -0.25) is 4.98 Å². The predicted molar refractivity (Wildman–Crippen MR) is 74.0 cm³/mol. The summed E-state index contributed by atoms with van der Waals surface area (Å²) in [6.45, 7) is 2.00. The second-order valence-electron chi connectivity index (χ2n) is 4.10. The SMILES string of the molecule is Cc1cc(-c2cc3cc(Br)ccc3[nH]2)ccn1. The summed E-state index contributed by atoms with van der Waals surface area (Å²) < 4.78 is 1.10. The highest BCUT2D eigenvalue weighted by Gasteiger charge is 2.03. The van der Waals surface area contributed by atoms with Crippen LogP contribution in [0.1, 0.15) is 5.69 Å². The van der Waals surface area contributed by atoms with Gasteiger partial charge in [-0.15, -0.1) is 0 Å². The Morgan fingerprint density at radius 2 is 2.00 bits per heavy atom. The number of pyridine rings is 1. The second kappa shape index (κ2) is 4.00. The zero-order valence-corrected chi connectivity index (χ0v) is 11.0. The summed E-state index contributed by atoms with van der Waals surface area (Å²) in [7, 11) is 0. The van der Waals surface area contributed by atoms with Crippen LogP contribution in [0, 0.1) is 6.92 Å². The first-order chi connectivity index (χ1) is 8.22. The predicted octanol–water partition coefficient (Wildman–Crippen LogP) is 4.30. The molecule has 0 aliphatic heterocycles. The molecule has 0 amide bonds. The van der Waals surface area contributed by atoms with E-state index in [2.05, 4.69) is 50.2 Å². The zero-order valence-electron chi connectivity index (χ0n) is 9.37. The van der Waals surface area contributed by atoms with Crippen LogP contribution in [-0.4, -0.2) is 9.97 Å². The summed E-state index contributed by atoms with van der Waals surface area (Å²) in [4.78, 5) is 7.63. The molecular weight excluding hydrogens is 276 g/mol. The van der Waals surface area contributed by atoms with Gasteiger partial charge >= 0.3 is 0 Å².